The van der Waals surface area contributed by atoms with Crippen LogP contribution in [0.4, 0.5) is 0 Å². The van der Waals surface area contributed by atoms with Crippen LogP contribution in [0, 0.1) is 0 Å². The number of hydrogen-bond acceptors (Lipinski definition) is 2. The lowest BCUT2D eigenvalue weighted by atomic mass is 10.1. The van der Waals surface area contributed by atoms with Gasteiger partial charge in [0, 0.05) is 0 Å². The van der Waals surface area contributed by atoms with E-state index in [2.05, 4.69) is 19.1 Å². The molecule has 0 fully saturated rings. The molecule has 0 radical (unpaired) electrons. The first-order valence-electron chi connectivity index (χ1n) is 6.28. The topological polar surface area (TPSA) is 35.2 Å². The Kier molecular flexibility index (Phi) is 6.66. The Balaban J connectivity index is 2.27. The number of rotatable bonds is 8. The smallest absolute Gasteiger partial charge is 0.119 e. The zero-order chi connectivity index (χ0) is 11.6. The zero-order valence-electron chi connectivity index (χ0n) is 10.2. The molecule has 1 aromatic rings. The summed E-state index contributed by atoms with van der Waals surface area (Å²) in [6.07, 6.45) is 5.91. The predicted octanol–water partition coefficient (Wildman–Crippen LogP) is 3.15. The van der Waals surface area contributed by atoms with Gasteiger partial charge in [0.1, 0.15) is 5.75 Å². The SMILES string of the molecule is CCCCCCOc1cccc(CCN)c1. The lowest BCUT2D eigenvalue weighted by Crippen LogP contribution is -2.03. The van der Waals surface area contributed by atoms with Crippen molar-refractivity contribution in [2.75, 3.05) is 13.2 Å². The van der Waals surface area contributed by atoms with Crippen LogP contribution in [0.15, 0.2) is 24.3 Å². The molecule has 0 aliphatic carbocycles. The van der Waals surface area contributed by atoms with Crippen molar-refractivity contribution in [2.45, 2.75) is 39.0 Å². The van der Waals surface area contributed by atoms with Crippen molar-refractivity contribution >= 4 is 0 Å². The summed E-state index contributed by atoms with van der Waals surface area (Å²) in [6, 6.07) is 8.23. The van der Waals surface area contributed by atoms with Crippen LogP contribution in [0.3, 0.4) is 0 Å². The standard InChI is InChI=1S/C14H23NO/c1-2-3-4-5-11-16-14-8-6-7-13(12-14)9-10-15/h6-8,12H,2-5,9-11,15H2,1H3. The molecule has 1 aromatic carbocycles. The average Bonchev–Trinajstić information content (AvgIpc) is 2.30. The maximum absolute atomic E-state index is 5.70. The Morgan fingerprint density at radius 2 is 2.06 bits per heavy atom. The molecule has 90 valence electrons. The van der Waals surface area contributed by atoms with Crippen LogP contribution in [-0.2, 0) is 6.42 Å². The monoisotopic (exact) mass is 221 g/mol. The number of ether oxygens (including phenoxy) is 1. The molecule has 0 bridgehead atoms. The highest BCUT2D eigenvalue weighted by Crippen LogP contribution is 2.14. The zero-order valence-corrected chi connectivity index (χ0v) is 10.2. The molecule has 0 unspecified atom stereocenters. The molecule has 0 atom stereocenters. The third-order valence-electron chi connectivity index (χ3n) is 2.60. The maximum atomic E-state index is 5.70. The lowest BCUT2D eigenvalue weighted by Gasteiger charge is -2.07. The molecule has 0 aliphatic rings. The van der Waals surface area contributed by atoms with Gasteiger partial charge in [-0.15, -0.1) is 0 Å². The Labute approximate surface area is 98.8 Å². The van der Waals surface area contributed by atoms with E-state index in [4.69, 9.17) is 10.5 Å². The van der Waals surface area contributed by atoms with E-state index in [-0.39, 0.29) is 0 Å². The Morgan fingerprint density at radius 3 is 2.81 bits per heavy atom. The van der Waals surface area contributed by atoms with Crippen LogP contribution in [0.5, 0.6) is 5.75 Å². The van der Waals surface area contributed by atoms with Gasteiger partial charge in [-0.2, -0.15) is 0 Å². The quantitative estimate of drug-likeness (QED) is 0.684. The molecule has 0 saturated heterocycles. The van der Waals surface area contributed by atoms with Crippen molar-refractivity contribution in [2.24, 2.45) is 5.73 Å². The van der Waals surface area contributed by atoms with Crippen molar-refractivity contribution < 1.29 is 4.74 Å². The van der Waals surface area contributed by atoms with Gasteiger partial charge in [0.05, 0.1) is 6.61 Å². The van der Waals surface area contributed by atoms with Gasteiger partial charge in [0.25, 0.3) is 0 Å². The van der Waals surface area contributed by atoms with E-state index < -0.39 is 0 Å². The number of benzene rings is 1. The second kappa shape index (κ2) is 8.17. The molecular weight excluding hydrogens is 198 g/mol. The van der Waals surface area contributed by atoms with Gasteiger partial charge in [-0.25, -0.2) is 0 Å². The van der Waals surface area contributed by atoms with Gasteiger partial charge in [-0.05, 0) is 37.1 Å². The predicted molar refractivity (Wildman–Crippen MR) is 68.8 cm³/mol. The minimum Gasteiger partial charge on any atom is -0.494 e. The summed E-state index contributed by atoms with van der Waals surface area (Å²) in [6.45, 7) is 3.74. The van der Waals surface area contributed by atoms with Crippen molar-refractivity contribution in [1.29, 1.82) is 0 Å². The Morgan fingerprint density at radius 1 is 1.19 bits per heavy atom. The van der Waals surface area contributed by atoms with E-state index in [0.717, 1.165) is 25.2 Å². The van der Waals surface area contributed by atoms with Crippen LogP contribution >= 0.6 is 0 Å². The van der Waals surface area contributed by atoms with Gasteiger partial charge < -0.3 is 10.5 Å². The van der Waals surface area contributed by atoms with Crippen LogP contribution < -0.4 is 10.5 Å². The van der Waals surface area contributed by atoms with Crippen molar-refractivity contribution in [3.8, 4) is 5.75 Å². The molecular formula is C14H23NO. The fraction of sp³-hybridized carbons (Fsp3) is 0.571. The largest absolute Gasteiger partial charge is 0.494 e. The van der Waals surface area contributed by atoms with Gasteiger partial charge in [-0.1, -0.05) is 38.3 Å². The second-order valence-corrected chi connectivity index (χ2v) is 4.10. The first-order valence-corrected chi connectivity index (χ1v) is 6.28. The third-order valence-corrected chi connectivity index (χ3v) is 2.60. The van der Waals surface area contributed by atoms with Gasteiger partial charge in [0.2, 0.25) is 0 Å². The highest BCUT2D eigenvalue weighted by molar-refractivity contribution is 5.28. The van der Waals surface area contributed by atoms with Crippen LogP contribution in [0.1, 0.15) is 38.2 Å². The molecule has 0 aliphatic heterocycles. The normalized spacial score (nSPS) is 10.4. The van der Waals surface area contributed by atoms with E-state index in [1.165, 1.54) is 24.8 Å². The molecule has 2 N–H and O–H groups in total. The van der Waals surface area contributed by atoms with E-state index in [1.807, 2.05) is 12.1 Å². The van der Waals surface area contributed by atoms with Crippen molar-refractivity contribution in [1.82, 2.24) is 0 Å². The number of nitrogens with two attached hydrogens (primary N) is 1. The second-order valence-electron chi connectivity index (χ2n) is 4.10. The lowest BCUT2D eigenvalue weighted by molar-refractivity contribution is 0.305. The number of unbranched alkanes of at least 4 members (excludes halogenated alkanes) is 3. The highest BCUT2D eigenvalue weighted by Gasteiger charge is 1.96. The molecule has 0 amide bonds. The minimum atomic E-state index is 0.694. The highest BCUT2D eigenvalue weighted by atomic mass is 16.5. The van der Waals surface area contributed by atoms with Gasteiger partial charge in [0.15, 0.2) is 0 Å². The molecule has 0 saturated carbocycles. The first-order chi connectivity index (χ1) is 7.86. The first kappa shape index (κ1) is 13.0. The molecule has 0 heterocycles. The van der Waals surface area contributed by atoms with E-state index in [9.17, 15) is 0 Å². The molecule has 16 heavy (non-hydrogen) atoms. The van der Waals surface area contributed by atoms with E-state index in [0.29, 0.717) is 6.54 Å². The Bertz CT molecular complexity index is 286. The minimum absolute atomic E-state index is 0.694. The molecule has 1 rings (SSSR count). The fourth-order valence-electron chi connectivity index (χ4n) is 1.68. The summed E-state index contributed by atoms with van der Waals surface area (Å²) in [7, 11) is 0. The molecule has 2 nitrogen and oxygen atoms in total. The summed E-state index contributed by atoms with van der Waals surface area (Å²) < 4.78 is 5.70. The summed E-state index contributed by atoms with van der Waals surface area (Å²) in [5.74, 6) is 0.974. The summed E-state index contributed by atoms with van der Waals surface area (Å²) >= 11 is 0. The summed E-state index contributed by atoms with van der Waals surface area (Å²) in [4.78, 5) is 0. The van der Waals surface area contributed by atoms with Crippen LogP contribution in [0.25, 0.3) is 0 Å². The van der Waals surface area contributed by atoms with Crippen molar-refractivity contribution in [3.63, 3.8) is 0 Å². The number of hydrogen-bond donors (Lipinski definition) is 1. The Hall–Kier alpha value is -1.02. The van der Waals surface area contributed by atoms with Gasteiger partial charge >= 0.3 is 0 Å². The molecule has 0 spiro atoms. The maximum Gasteiger partial charge on any atom is 0.119 e. The summed E-state index contributed by atoms with van der Waals surface area (Å²) in [5, 5.41) is 0. The van der Waals surface area contributed by atoms with Crippen LogP contribution in [0.2, 0.25) is 0 Å². The molecule has 2 heteroatoms. The van der Waals surface area contributed by atoms with E-state index in [1.54, 1.807) is 0 Å². The fourth-order valence-corrected chi connectivity index (χ4v) is 1.68. The summed E-state index contributed by atoms with van der Waals surface area (Å²) in [5.41, 5.74) is 6.78. The van der Waals surface area contributed by atoms with Crippen molar-refractivity contribution in [3.05, 3.63) is 29.8 Å². The van der Waals surface area contributed by atoms with E-state index >= 15 is 0 Å². The van der Waals surface area contributed by atoms with Gasteiger partial charge in [-0.3, -0.25) is 0 Å². The van der Waals surface area contributed by atoms with Crippen LogP contribution in [-0.4, -0.2) is 13.2 Å². The third kappa shape index (κ3) is 5.17. The average molecular weight is 221 g/mol. The molecule has 0 aromatic heterocycles.